The van der Waals surface area contributed by atoms with Gasteiger partial charge in [-0.15, -0.1) is 0 Å². The molecule has 0 N–H and O–H groups in total. The number of unbranched alkanes of at least 4 members (excludes halogenated alkanes) is 7. The second-order valence-electron chi connectivity index (χ2n) is 7.00. The van der Waals surface area contributed by atoms with Crippen molar-refractivity contribution in [3.63, 3.8) is 0 Å². The van der Waals surface area contributed by atoms with Gasteiger partial charge in [0, 0.05) is 5.56 Å². The van der Waals surface area contributed by atoms with E-state index in [1.165, 1.54) is 81.0 Å². The largest absolute Gasteiger partial charge is 0.356 e. The maximum atomic E-state index is 8.25. The first kappa shape index (κ1) is 23.4. The van der Waals surface area contributed by atoms with Gasteiger partial charge in [0.15, 0.2) is 0 Å². The van der Waals surface area contributed by atoms with Crippen molar-refractivity contribution < 1.29 is 9.57 Å². The molecule has 0 aliphatic rings. The molecule has 0 fully saturated rings. The molecule has 0 saturated heterocycles. The monoisotopic (exact) mass is 352 g/mol. The first-order valence-electron chi connectivity index (χ1n) is 9.62. The lowest BCUT2D eigenvalue weighted by Gasteiger charge is -2.33. The van der Waals surface area contributed by atoms with Crippen molar-refractivity contribution in [1.82, 2.24) is 0 Å². The van der Waals surface area contributed by atoms with Crippen LogP contribution in [0.15, 0.2) is 30.3 Å². The Balaban J connectivity index is 0.00000129. The Morgan fingerprint density at radius 3 is 1.84 bits per heavy atom. The van der Waals surface area contributed by atoms with Crippen LogP contribution in [0.25, 0.3) is 0 Å². The molecule has 0 amide bonds. The highest BCUT2D eigenvalue weighted by Gasteiger charge is 2.18. The summed E-state index contributed by atoms with van der Waals surface area (Å²) in [5, 5.41) is 14.8. The first-order valence-corrected chi connectivity index (χ1v) is 9.62. The predicted molar refractivity (Wildman–Crippen MR) is 105 cm³/mol. The number of benzene rings is 1. The molecule has 0 saturated carbocycles. The van der Waals surface area contributed by atoms with Gasteiger partial charge in [0.2, 0.25) is 0 Å². The Morgan fingerprint density at radius 1 is 0.880 bits per heavy atom. The highest BCUT2D eigenvalue weighted by molar-refractivity contribution is 5.13. The molecule has 0 spiro atoms. The molecule has 5 nitrogen and oxygen atoms in total. The van der Waals surface area contributed by atoms with Crippen LogP contribution in [0.2, 0.25) is 0 Å². The van der Waals surface area contributed by atoms with E-state index in [9.17, 15) is 0 Å². The third-order valence-electron chi connectivity index (χ3n) is 4.72. The molecule has 25 heavy (non-hydrogen) atoms. The standard InChI is InChI=1S/C20H36N.NO3/c1-4-6-7-8-9-10-11-15-18-21(3,5-2)19-20-16-13-12-14-17-20;2-1(3)4/h12-14,16-17H,4-11,15,18-19H2,1-3H3;/q+1;-1. The van der Waals surface area contributed by atoms with Gasteiger partial charge in [-0.05, 0) is 19.8 Å². The maximum Gasteiger partial charge on any atom is 0.104 e. The fourth-order valence-corrected chi connectivity index (χ4v) is 3.00. The molecule has 0 radical (unpaired) electrons. The molecular weight excluding hydrogens is 316 g/mol. The molecule has 5 heteroatoms. The molecule has 0 aromatic heterocycles. The van der Waals surface area contributed by atoms with Crippen LogP contribution in [0.1, 0.15) is 70.8 Å². The van der Waals surface area contributed by atoms with Crippen molar-refractivity contribution in [2.45, 2.75) is 71.8 Å². The van der Waals surface area contributed by atoms with Gasteiger partial charge in [0.1, 0.15) is 6.54 Å². The van der Waals surface area contributed by atoms with Crippen LogP contribution >= 0.6 is 0 Å². The lowest BCUT2D eigenvalue weighted by molar-refractivity contribution is -0.921. The number of rotatable bonds is 12. The third kappa shape index (κ3) is 14.4. The van der Waals surface area contributed by atoms with Gasteiger partial charge in [-0.25, -0.2) is 0 Å². The van der Waals surface area contributed by atoms with Gasteiger partial charge in [0.25, 0.3) is 0 Å². The van der Waals surface area contributed by atoms with Gasteiger partial charge in [-0.2, -0.15) is 0 Å². The van der Waals surface area contributed by atoms with Gasteiger partial charge < -0.3 is 19.8 Å². The molecule has 1 atom stereocenters. The SMILES string of the molecule is CCCCCCCCCC[N+](C)(CC)Cc1ccccc1.O=[N+]([O-])[O-]. The summed E-state index contributed by atoms with van der Waals surface area (Å²) in [5.41, 5.74) is 1.47. The highest BCUT2D eigenvalue weighted by Crippen LogP contribution is 2.15. The normalized spacial score (nSPS) is 12.8. The summed E-state index contributed by atoms with van der Waals surface area (Å²) in [4.78, 5) is 8.25. The topological polar surface area (TPSA) is 66.2 Å². The van der Waals surface area contributed by atoms with Crippen molar-refractivity contribution >= 4 is 0 Å². The lowest BCUT2D eigenvalue weighted by Crippen LogP contribution is -2.43. The molecule has 0 aliphatic carbocycles. The lowest BCUT2D eigenvalue weighted by atomic mass is 10.1. The molecule has 1 rings (SSSR count). The van der Waals surface area contributed by atoms with Gasteiger partial charge >= 0.3 is 0 Å². The minimum Gasteiger partial charge on any atom is -0.356 e. The molecule has 0 aliphatic heterocycles. The van der Waals surface area contributed by atoms with E-state index in [4.69, 9.17) is 15.3 Å². The fourth-order valence-electron chi connectivity index (χ4n) is 3.00. The Bertz CT molecular complexity index is 436. The number of hydrogen-bond donors (Lipinski definition) is 0. The van der Waals surface area contributed by atoms with Crippen molar-refractivity contribution in [2.75, 3.05) is 20.1 Å². The molecule has 1 unspecified atom stereocenters. The fraction of sp³-hybridized carbons (Fsp3) is 0.700. The number of hydrogen-bond acceptors (Lipinski definition) is 3. The summed E-state index contributed by atoms with van der Waals surface area (Å²) < 4.78 is 1.18. The van der Waals surface area contributed by atoms with Crippen molar-refractivity contribution in [1.29, 1.82) is 0 Å². The van der Waals surface area contributed by atoms with E-state index in [1.54, 1.807) is 0 Å². The molecule has 1 aromatic rings. The molecule has 144 valence electrons. The first-order chi connectivity index (χ1) is 11.9. The van der Waals surface area contributed by atoms with Crippen LogP contribution < -0.4 is 0 Å². The van der Waals surface area contributed by atoms with Crippen molar-refractivity contribution in [3.05, 3.63) is 51.2 Å². The van der Waals surface area contributed by atoms with Crippen molar-refractivity contribution in [3.8, 4) is 0 Å². The summed E-state index contributed by atoms with van der Waals surface area (Å²) >= 11 is 0. The molecule has 1 aromatic carbocycles. The summed E-state index contributed by atoms with van der Waals surface area (Å²) in [6, 6.07) is 11.0. The molecule has 0 heterocycles. The summed E-state index contributed by atoms with van der Waals surface area (Å²) in [5.74, 6) is 0. The van der Waals surface area contributed by atoms with Crippen LogP contribution in [0.3, 0.4) is 0 Å². The smallest absolute Gasteiger partial charge is 0.104 e. The van der Waals surface area contributed by atoms with E-state index >= 15 is 0 Å². The Morgan fingerprint density at radius 2 is 1.36 bits per heavy atom. The Labute approximate surface area is 153 Å². The number of quaternary nitrogens is 1. The third-order valence-corrected chi connectivity index (χ3v) is 4.72. The second kappa shape index (κ2) is 14.7. The van der Waals surface area contributed by atoms with Crippen LogP contribution in [-0.2, 0) is 6.54 Å². The minimum absolute atomic E-state index is 1.17. The minimum atomic E-state index is -1.75. The van der Waals surface area contributed by atoms with E-state index in [2.05, 4.69) is 51.2 Å². The van der Waals surface area contributed by atoms with Gasteiger partial charge in [0.05, 0.1) is 25.2 Å². The van der Waals surface area contributed by atoms with Gasteiger partial charge in [-0.1, -0.05) is 75.8 Å². The van der Waals surface area contributed by atoms with Crippen LogP contribution in [0.5, 0.6) is 0 Å². The van der Waals surface area contributed by atoms with E-state index in [0.29, 0.717) is 0 Å². The zero-order chi connectivity index (χ0) is 19.0. The Hall–Kier alpha value is -1.62. The van der Waals surface area contributed by atoms with E-state index in [0.717, 1.165) is 0 Å². The zero-order valence-electron chi connectivity index (χ0n) is 16.3. The molecular formula is C20H36N2O3. The number of nitrogens with zero attached hydrogens (tertiary/aromatic N) is 2. The predicted octanol–water partition coefficient (Wildman–Crippen LogP) is 5.55. The highest BCUT2D eigenvalue weighted by atomic mass is 16.9. The van der Waals surface area contributed by atoms with Crippen molar-refractivity contribution in [2.24, 2.45) is 0 Å². The Kier molecular flexibility index (Phi) is 13.7. The second-order valence-corrected chi connectivity index (χ2v) is 7.00. The van der Waals surface area contributed by atoms with Crippen LogP contribution in [0, 0.1) is 15.3 Å². The summed E-state index contributed by atoms with van der Waals surface area (Å²) in [6.45, 7) is 8.34. The van der Waals surface area contributed by atoms with Crippen LogP contribution in [0.4, 0.5) is 0 Å². The maximum absolute atomic E-state index is 8.25. The zero-order valence-corrected chi connectivity index (χ0v) is 16.3. The summed E-state index contributed by atoms with van der Waals surface area (Å²) in [6.07, 6.45) is 11.3. The average molecular weight is 353 g/mol. The van der Waals surface area contributed by atoms with E-state index in [1.807, 2.05) is 0 Å². The van der Waals surface area contributed by atoms with Gasteiger partial charge in [-0.3, -0.25) is 0 Å². The average Bonchev–Trinajstić information content (AvgIpc) is 2.58. The quantitative estimate of drug-likeness (QED) is 0.214. The summed E-state index contributed by atoms with van der Waals surface area (Å²) in [7, 11) is 2.41. The van der Waals surface area contributed by atoms with E-state index < -0.39 is 5.09 Å². The van der Waals surface area contributed by atoms with E-state index in [-0.39, 0.29) is 0 Å². The molecule has 0 bridgehead atoms. The van der Waals surface area contributed by atoms with Crippen LogP contribution in [-0.4, -0.2) is 29.7 Å².